The maximum absolute atomic E-state index is 12.7. The van der Waals surface area contributed by atoms with E-state index in [0.29, 0.717) is 5.76 Å². The van der Waals surface area contributed by atoms with Crippen molar-refractivity contribution in [2.24, 2.45) is 0 Å². The summed E-state index contributed by atoms with van der Waals surface area (Å²) in [7, 11) is 3.99. The smallest absolute Gasteiger partial charge is 0.297 e. The van der Waals surface area contributed by atoms with Crippen molar-refractivity contribution < 1.29 is 9.53 Å². The average molecular weight is 361 g/mol. The maximum Gasteiger partial charge on any atom is 0.297 e. The molecule has 136 valence electrons. The second-order valence-electron chi connectivity index (χ2n) is 6.74. The highest BCUT2D eigenvalue weighted by molar-refractivity contribution is 7.80. The summed E-state index contributed by atoms with van der Waals surface area (Å²) in [5, 5.41) is 0.268. The van der Waals surface area contributed by atoms with Crippen LogP contribution < -0.4 is 4.90 Å². The Balaban J connectivity index is 2.04. The molecule has 1 aliphatic rings. The molecule has 1 amide bonds. The van der Waals surface area contributed by atoms with Crippen LogP contribution in [0.3, 0.4) is 0 Å². The number of nitrogens with zero attached hydrogens (tertiary/aromatic N) is 2. The van der Waals surface area contributed by atoms with Crippen LogP contribution in [0.25, 0.3) is 6.08 Å². The zero-order valence-corrected chi connectivity index (χ0v) is 16.4. The van der Waals surface area contributed by atoms with Crippen LogP contribution in [0.4, 0.5) is 5.69 Å². The van der Waals surface area contributed by atoms with Crippen molar-refractivity contribution in [1.82, 2.24) is 4.90 Å². The molecule has 0 radical (unpaired) electrons. The highest BCUT2D eigenvalue weighted by Crippen LogP contribution is 2.25. The van der Waals surface area contributed by atoms with Crippen molar-refractivity contribution in [1.29, 1.82) is 0 Å². The number of amides is 1. The molecule has 1 unspecified atom stereocenters. The number of benzene rings is 1. The van der Waals surface area contributed by atoms with E-state index in [1.54, 1.807) is 11.0 Å². The number of hydrogen-bond acceptors (Lipinski definition) is 4. The van der Waals surface area contributed by atoms with Gasteiger partial charge in [0, 0.05) is 25.8 Å². The monoisotopic (exact) mass is 360 g/mol. The fourth-order valence-electron chi connectivity index (χ4n) is 2.88. The summed E-state index contributed by atoms with van der Waals surface area (Å²) in [5.74, 6) is 0.174. The summed E-state index contributed by atoms with van der Waals surface area (Å²) in [6, 6.07) is 8.03. The van der Waals surface area contributed by atoms with E-state index in [1.807, 2.05) is 50.2 Å². The molecule has 1 atom stereocenters. The number of carbonyl (C=O) groups is 1. The highest BCUT2D eigenvalue weighted by atomic mass is 32.1. The van der Waals surface area contributed by atoms with Crippen LogP contribution in [0.2, 0.25) is 0 Å². The van der Waals surface area contributed by atoms with Gasteiger partial charge in [0.2, 0.25) is 0 Å². The van der Waals surface area contributed by atoms with Crippen LogP contribution in [0.1, 0.15) is 51.5 Å². The first-order valence-electron chi connectivity index (χ1n) is 8.98. The number of thiocarbonyl (C=S) groups is 1. The zero-order chi connectivity index (χ0) is 18.4. The molecule has 0 spiro atoms. The Hall–Kier alpha value is -1.88. The zero-order valence-electron chi connectivity index (χ0n) is 15.6. The Bertz CT molecular complexity index is 638. The van der Waals surface area contributed by atoms with E-state index < -0.39 is 0 Å². The van der Waals surface area contributed by atoms with Gasteiger partial charge in [0.05, 0.1) is 0 Å². The average Bonchev–Trinajstić information content (AvgIpc) is 2.86. The van der Waals surface area contributed by atoms with E-state index in [9.17, 15) is 4.79 Å². The summed E-state index contributed by atoms with van der Waals surface area (Å²) in [4.78, 5) is 16.3. The second kappa shape index (κ2) is 8.99. The number of rotatable bonds is 8. The van der Waals surface area contributed by atoms with Crippen molar-refractivity contribution in [2.45, 2.75) is 52.0 Å². The number of anilines is 1. The van der Waals surface area contributed by atoms with Crippen molar-refractivity contribution >= 4 is 35.1 Å². The summed E-state index contributed by atoms with van der Waals surface area (Å²) < 4.78 is 5.57. The van der Waals surface area contributed by atoms with Crippen LogP contribution in [-0.2, 0) is 9.53 Å². The molecule has 0 N–H and O–H groups in total. The van der Waals surface area contributed by atoms with E-state index in [2.05, 4.69) is 6.92 Å². The van der Waals surface area contributed by atoms with Crippen molar-refractivity contribution in [3.8, 4) is 0 Å². The molecule has 0 aromatic heterocycles. The van der Waals surface area contributed by atoms with Gasteiger partial charge in [-0.05, 0) is 49.3 Å². The molecule has 1 heterocycles. The molecular weight excluding hydrogens is 332 g/mol. The van der Waals surface area contributed by atoms with Crippen LogP contribution in [0.15, 0.2) is 30.0 Å². The molecule has 1 aliphatic heterocycles. The van der Waals surface area contributed by atoms with Crippen LogP contribution in [0, 0.1) is 0 Å². The molecular formula is C20H28N2O2S. The summed E-state index contributed by atoms with van der Waals surface area (Å²) in [5.41, 5.74) is 2.04. The normalized spacial score (nSPS) is 17.1. The fraction of sp³-hybridized carbons (Fsp3) is 0.500. The molecule has 1 saturated heterocycles. The minimum Gasteiger partial charge on any atom is -0.426 e. The number of ether oxygens (including phenoxy) is 1. The second-order valence-corrected chi connectivity index (χ2v) is 7.09. The highest BCUT2D eigenvalue weighted by Gasteiger charge is 2.36. The topological polar surface area (TPSA) is 32.8 Å². The number of unbranched alkanes of at least 4 members (excludes halogenated alkanes) is 3. The van der Waals surface area contributed by atoms with E-state index in [-0.39, 0.29) is 17.1 Å². The largest absolute Gasteiger partial charge is 0.426 e. The standard InChI is InChI=1S/C20H28N2O2S/c1-5-6-7-8-9-15(2)22-19(23)18(24-20(22)25)14-16-10-12-17(13-11-16)21(3)4/h10-15H,5-9H2,1-4H3/b18-14+. The molecule has 1 aromatic carbocycles. The lowest BCUT2D eigenvalue weighted by atomic mass is 10.1. The van der Waals surface area contributed by atoms with Gasteiger partial charge in [0.25, 0.3) is 11.1 Å². The minimum absolute atomic E-state index is 0.0684. The minimum atomic E-state index is -0.135. The van der Waals surface area contributed by atoms with E-state index >= 15 is 0 Å². The molecule has 5 heteroatoms. The van der Waals surface area contributed by atoms with Gasteiger partial charge in [-0.3, -0.25) is 9.69 Å². The van der Waals surface area contributed by atoms with Crippen LogP contribution >= 0.6 is 12.2 Å². The van der Waals surface area contributed by atoms with Gasteiger partial charge < -0.3 is 9.64 Å². The molecule has 1 aromatic rings. The van der Waals surface area contributed by atoms with Crippen molar-refractivity contribution in [3.05, 3.63) is 35.6 Å². The van der Waals surface area contributed by atoms with E-state index in [0.717, 1.165) is 24.1 Å². The maximum atomic E-state index is 12.7. The lowest BCUT2D eigenvalue weighted by Crippen LogP contribution is -2.37. The molecule has 0 saturated carbocycles. The van der Waals surface area contributed by atoms with Gasteiger partial charge in [-0.1, -0.05) is 44.7 Å². The Kier molecular flexibility index (Phi) is 7.00. The van der Waals surface area contributed by atoms with Crippen LogP contribution in [-0.4, -0.2) is 36.1 Å². The number of carbonyl (C=O) groups excluding carboxylic acids is 1. The molecule has 0 bridgehead atoms. The quantitative estimate of drug-likeness (QED) is 0.385. The lowest BCUT2D eigenvalue weighted by Gasteiger charge is -2.21. The molecule has 4 nitrogen and oxygen atoms in total. The lowest BCUT2D eigenvalue weighted by molar-refractivity contribution is -0.124. The van der Waals surface area contributed by atoms with Gasteiger partial charge in [-0.25, -0.2) is 0 Å². The first-order valence-corrected chi connectivity index (χ1v) is 9.39. The Morgan fingerprint density at radius 3 is 2.48 bits per heavy atom. The van der Waals surface area contributed by atoms with Gasteiger partial charge in [0.15, 0.2) is 5.76 Å². The summed E-state index contributed by atoms with van der Waals surface area (Å²) in [6.07, 6.45) is 7.44. The van der Waals surface area contributed by atoms with Crippen molar-refractivity contribution in [2.75, 3.05) is 19.0 Å². The third-order valence-electron chi connectivity index (χ3n) is 4.45. The Morgan fingerprint density at radius 1 is 1.20 bits per heavy atom. The molecule has 2 rings (SSSR count). The first-order chi connectivity index (χ1) is 11.9. The Morgan fingerprint density at radius 2 is 1.88 bits per heavy atom. The molecule has 0 aliphatic carbocycles. The number of hydrogen-bond donors (Lipinski definition) is 0. The fourth-order valence-corrected chi connectivity index (χ4v) is 3.23. The molecule has 1 fully saturated rings. The SMILES string of the molecule is CCCCCCC(C)N1C(=O)/C(=C\c2ccc(N(C)C)cc2)OC1=S. The predicted octanol–water partition coefficient (Wildman–Crippen LogP) is 4.60. The van der Waals surface area contributed by atoms with Gasteiger partial charge in [0.1, 0.15) is 0 Å². The van der Waals surface area contributed by atoms with Crippen molar-refractivity contribution in [3.63, 3.8) is 0 Å². The summed E-state index contributed by atoms with van der Waals surface area (Å²) >= 11 is 5.28. The van der Waals surface area contributed by atoms with Gasteiger partial charge >= 0.3 is 0 Å². The Labute approximate surface area is 156 Å². The van der Waals surface area contributed by atoms with E-state index in [4.69, 9.17) is 17.0 Å². The van der Waals surface area contributed by atoms with Gasteiger partial charge in [-0.2, -0.15) is 0 Å². The summed E-state index contributed by atoms with van der Waals surface area (Å²) in [6.45, 7) is 4.23. The molecule has 25 heavy (non-hydrogen) atoms. The predicted molar refractivity (Wildman–Crippen MR) is 107 cm³/mol. The van der Waals surface area contributed by atoms with E-state index in [1.165, 1.54) is 19.3 Å². The third kappa shape index (κ3) is 5.05. The van der Waals surface area contributed by atoms with Gasteiger partial charge in [-0.15, -0.1) is 0 Å². The third-order valence-corrected chi connectivity index (χ3v) is 4.73. The first kappa shape index (κ1) is 19.4. The van der Waals surface area contributed by atoms with Crippen LogP contribution in [0.5, 0.6) is 0 Å².